The molecule has 2 atom stereocenters. The molecule has 0 heterocycles. The van der Waals surface area contributed by atoms with Gasteiger partial charge in [0.15, 0.2) is 0 Å². The Morgan fingerprint density at radius 2 is 1.46 bits per heavy atom. The molecule has 24 heavy (non-hydrogen) atoms. The zero-order chi connectivity index (χ0) is 18.0. The van der Waals surface area contributed by atoms with Crippen LogP contribution in [0, 0.1) is 11.8 Å². The maximum Gasteiger partial charge on any atom is 0.310 e. The van der Waals surface area contributed by atoms with Crippen LogP contribution in [-0.4, -0.2) is 37.6 Å². The van der Waals surface area contributed by atoms with Gasteiger partial charge in [-0.3, -0.25) is 9.59 Å². The van der Waals surface area contributed by atoms with Crippen molar-refractivity contribution >= 4 is 31.8 Å². The van der Waals surface area contributed by atoms with Gasteiger partial charge in [0, 0.05) is 9.27 Å². The van der Waals surface area contributed by atoms with Gasteiger partial charge in [0.1, 0.15) is 0 Å². The summed E-state index contributed by atoms with van der Waals surface area (Å²) >= 11 is 1.65. The first-order valence-electron chi connectivity index (χ1n) is 8.37. The van der Waals surface area contributed by atoms with Crippen LogP contribution in [0.25, 0.3) is 0 Å². The number of ether oxygens (including phenoxy) is 2. The summed E-state index contributed by atoms with van der Waals surface area (Å²) in [6.07, 6.45) is 0. The molecule has 1 aromatic carbocycles. The molecule has 0 radical (unpaired) electrons. The lowest BCUT2D eigenvalue weighted by molar-refractivity contribution is -0.150. The van der Waals surface area contributed by atoms with Crippen LogP contribution in [0.3, 0.4) is 0 Å². The van der Waals surface area contributed by atoms with Crippen molar-refractivity contribution in [1.82, 2.24) is 0 Å². The molecule has 132 valence electrons. The van der Waals surface area contributed by atoms with Crippen LogP contribution in [0.15, 0.2) is 35.2 Å². The Morgan fingerprint density at radius 1 is 1.00 bits per heavy atom. The summed E-state index contributed by atoms with van der Waals surface area (Å²) in [6, 6.07) is 9.96. The molecule has 1 aliphatic carbocycles. The Hall–Kier alpha value is -1.27. The minimum atomic E-state index is -1.90. The molecule has 6 heteroatoms. The van der Waals surface area contributed by atoms with E-state index in [9.17, 15) is 9.59 Å². The van der Waals surface area contributed by atoms with E-state index in [0.717, 1.165) is 4.90 Å². The third-order valence-electron chi connectivity index (χ3n) is 4.43. The van der Waals surface area contributed by atoms with Crippen molar-refractivity contribution in [3.63, 3.8) is 0 Å². The number of carbonyl (C=O) groups is 2. The van der Waals surface area contributed by atoms with Crippen LogP contribution in [-0.2, 0) is 19.1 Å². The third kappa shape index (κ3) is 3.40. The predicted molar refractivity (Wildman–Crippen MR) is 98.6 cm³/mol. The van der Waals surface area contributed by atoms with Crippen LogP contribution >= 0.6 is 11.8 Å². The first-order chi connectivity index (χ1) is 11.3. The number of hydrogen-bond acceptors (Lipinski definition) is 5. The topological polar surface area (TPSA) is 52.6 Å². The highest BCUT2D eigenvalue weighted by atomic mass is 32.2. The van der Waals surface area contributed by atoms with Crippen LogP contribution in [0.1, 0.15) is 13.8 Å². The molecule has 0 unspecified atom stereocenters. The molecule has 0 saturated heterocycles. The molecule has 0 amide bonds. The molecular formula is C18H26O4SSi. The molecule has 0 bridgehead atoms. The monoisotopic (exact) mass is 366 g/mol. The van der Waals surface area contributed by atoms with E-state index in [0.29, 0.717) is 13.2 Å². The Kier molecular flexibility index (Phi) is 5.81. The minimum absolute atomic E-state index is 0.276. The number of hydrogen-bond donors (Lipinski definition) is 0. The van der Waals surface area contributed by atoms with E-state index in [1.807, 2.05) is 30.3 Å². The largest absolute Gasteiger partial charge is 0.466 e. The average Bonchev–Trinajstić information content (AvgIpc) is 3.19. The smallest absolute Gasteiger partial charge is 0.310 e. The van der Waals surface area contributed by atoms with E-state index in [1.54, 1.807) is 25.6 Å². The summed E-state index contributed by atoms with van der Waals surface area (Å²) in [6.45, 7) is 10.8. The molecule has 0 N–H and O–H groups in total. The van der Waals surface area contributed by atoms with Gasteiger partial charge in [-0.1, -0.05) is 37.8 Å². The van der Waals surface area contributed by atoms with Crippen LogP contribution in [0.2, 0.25) is 19.6 Å². The lowest BCUT2D eigenvalue weighted by Gasteiger charge is -2.30. The van der Waals surface area contributed by atoms with E-state index in [4.69, 9.17) is 9.47 Å². The molecule has 2 rings (SSSR count). The Morgan fingerprint density at radius 3 is 1.83 bits per heavy atom. The van der Waals surface area contributed by atoms with Gasteiger partial charge < -0.3 is 9.47 Å². The van der Waals surface area contributed by atoms with Crippen molar-refractivity contribution in [3.8, 4) is 0 Å². The van der Waals surface area contributed by atoms with Crippen LogP contribution in [0.4, 0.5) is 0 Å². The molecule has 4 nitrogen and oxygen atoms in total. The molecular weight excluding hydrogens is 340 g/mol. The Bertz CT molecular complexity index is 573. The second kappa shape index (κ2) is 7.31. The fraction of sp³-hybridized carbons (Fsp3) is 0.556. The number of rotatable bonds is 7. The molecule has 1 aliphatic rings. The molecule has 0 aliphatic heterocycles. The first-order valence-corrected chi connectivity index (χ1v) is 12.7. The van der Waals surface area contributed by atoms with Gasteiger partial charge in [0.25, 0.3) is 0 Å². The lowest BCUT2D eigenvalue weighted by Crippen LogP contribution is -2.43. The Balaban J connectivity index is 2.42. The quantitative estimate of drug-likeness (QED) is 0.543. The minimum Gasteiger partial charge on any atom is -0.466 e. The number of thioether (sulfide) groups is 1. The summed E-state index contributed by atoms with van der Waals surface area (Å²) in [7, 11) is -1.90. The highest BCUT2D eigenvalue weighted by Gasteiger charge is 2.78. The number of benzene rings is 1. The van der Waals surface area contributed by atoms with E-state index >= 15 is 0 Å². The molecule has 0 spiro atoms. The van der Waals surface area contributed by atoms with Crippen molar-refractivity contribution in [2.75, 3.05) is 13.2 Å². The average molecular weight is 367 g/mol. The van der Waals surface area contributed by atoms with Crippen molar-refractivity contribution < 1.29 is 19.1 Å². The predicted octanol–water partition coefficient (Wildman–Crippen LogP) is 3.77. The van der Waals surface area contributed by atoms with Gasteiger partial charge in [0.05, 0.1) is 33.1 Å². The third-order valence-corrected chi connectivity index (χ3v) is 10.9. The van der Waals surface area contributed by atoms with Crippen LogP contribution in [0.5, 0.6) is 0 Å². The summed E-state index contributed by atoms with van der Waals surface area (Å²) in [5, 5.41) is 0. The molecule has 0 aromatic heterocycles. The van der Waals surface area contributed by atoms with Gasteiger partial charge >= 0.3 is 11.9 Å². The lowest BCUT2D eigenvalue weighted by atomic mass is 10.3. The molecule has 1 saturated carbocycles. The van der Waals surface area contributed by atoms with E-state index < -0.39 is 24.3 Å². The van der Waals surface area contributed by atoms with Crippen molar-refractivity contribution in [2.24, 2.45) is 11.8 Å². The van der Waals surface area contributed by atoms with E-state index in [1.165, 1.54) is 0 Å². The SMILES string of the molecule is CCOC(=O)[C@H]1[C@H](C(=O)OCC)C1(Sc1ccccc1)[Si](C)(C)C. The summed E-state index contributed by atoms with van der Waals surface area (Å²) < 4.78 is 10.1. The zero-order valence-corrected chi connectivity index (χ0v) is 16.8. The van der Waals surface area contributed by atoms with Gasteiger partial charge in [-0.15, -0.1) is 11.8 Å². The van der Waals surface area contributed by atoms with Gasteiger partial charge in [0.2, 0.25) is 0 Å². The second-order valence-electron chi connectivity index (χ2n) is 6.92. The van der Waals surface area contributed by atoms with Gasteiger partial charge in [-0.25, -0.2) is 0 Å². The first kappa shape index (κ1) is 19.1. The fourth-order valence-electron chi connectivity index (χ4n) is 3.35. The number of carbonyl (C=O) groups excluding carboxylic acids is 2. The summed E-state index contributed by atoms with van der Waals surface area (Å²) in [5.41, 5.74) is 0. The van der Waals surface area contributed by atoms with E-state index in [-0.39, 0.29) is 11.9 Å². The maximum atomic E-state index is 12.6. The summed E-state index contributed by atoms with van der Waals surface area (Å²) in [5.74, 6) is -1.40. The highest BCUT2D eigenvalue weighted by molar-refractivity contribution is 8.03. The number of esters is 2. The van der Waals surface area contributed by atoms with Gasteiger partial charge in [-0.05, 0) is 26.0 Å². The summed E-state index contributed by atoms with van der Waals surface area (Å²) in [4.78, 5) is 26.2. The molecule has 1 fully saturated rings. The second-order valence-corrected chi connectivity index (χ2v) is 14.0. The normalized spacial score (nSPS) is 25.9. The highest BCUT2D eigenvalue weighted by Crippen LogP contribution is 2.67. The zero-order valence-electron chi connectivity index (χ0n) is 15.0. The van der Waals surface area contributed by atoms with Crippen molar-refractivity contribution in [3.05, 3.63) is 30.3 Å². The maximum absolute atomic E-state index is 12.6. The fourth-order valence-corrected chi connectivity index (χ4v) is 8.61. The molecule has 1 aromatic rings. The standard InChI is InChI=1S/C18H26O4SSi/c1-6-21-16(19)14-15(17(20)22-7-2)18(14,24(3,4)5)23-13-11-9-8-10-12-13/h8-12,14-15H,6-7H2,1-5H3/t14-,15-/m1/s1. The van der Waals surface area contributed by atoms with Crippen molar-refractivity contribution in [1.29, 1.82) is 0 Å². The van der Waals surface area contributed by atoms with Crippen LogP contribution < -0.4 is 0 Å². The van der Waals surface area contributed by atoms with E-state index in [2.05, 4.69) is 19.6 Å². The Labute approximate surface area is 149 Å². The van der Waals surface area contributed by atoms with Crippen molar-refractivity contribution in [2.45, 2.75) is 42.8 Å². The van der Waals surface area contributed by atoms with Gasteiger partial charge in [-0.2, -0.15) is 0 Å².